The van der Waals surface area contributed by atoms with Crippen LogP contribution in [-0.4, -0.2) is 22.3 Å². The molecule has 6 heteroatoms. The zero-order valence-electron chi connectivity index (χ0n) is 15.9. The molecular formula is C22H22ClN3O2. The van der Waals surface area contributed by atoms with E-state index in [0.717, 1.165) is 34.5 Å². The Hall–Kier alpha value is -2.79. The molecule has 5 nitrogen and oxygen atoms in total. The number of hydrogen-bond donors (Lipinski definition) is 1. The second-order valence-corrected chi connectivity index (χ2v) is 7.37. The van der Waals surface area contributed by atoms with Crippen molar-refractivity contribution in [3.05, 3.63) is 70.4 Å². The summed E-state index contributed by atoms with van der Waals surface area (Å²) in [5.74, 6) is 1.48. The first-order chi connectivity index (χ1) is 13.6. The minimum absolute atomic E-state index is 0.0229. The highest BCUT2D eigenvalue weighted by molar-refractivity contribution is 6.31. The third kappa shape index (κ3) is 3.38. The second kappa shape index (κ2) is 7.68. The van der Waals surface area contributed by atoms with Crippen molar-refractivity contribution in [3.8, 4) is 11.4 Å². The van der Waals surface area contributed by atoms with Gasteiger partial charge >= 0.3 is 0 Å². The largest absolute Gasteiger partial charge is 0.494 e. The molecule has 0 fully saturated rings. The molecule has 3 aromatic rings. The van der Waals surface area contributed by atoms with Gasteiger partial charge in [-0.15, -0.1) is 0 Å². The fraction of sp³-hybridized carbons (Fsp3) is 0.273. The number of amides is 1. The summed E-state index contributed by atoms with van der Waals surface area (Å²) < 4.78 is 7.43. The van der Waals surface area contributed by atoms with E-state index >= 15 is 0 Å². The average molecular weight is 396 g/mol. The fourth-order valence-corrected chi connectivity index (χ4v) is 3.71. The molecule has 0 spiro atoms. The summed E-state index contributed by atoms with van der Waals surface area (Å²) in [6, 6.07) is 13.7. The maximum atomic E-state index is 12.4. The Labute approximate surface area is 169 Å². The van der Waals surface area contributed by atoms with Gasteiger partial charge in [0.05, 0.1) is 18.5 Å². The zero-order valence-corrected chi connectivity index (χ0v) is 16.7. The van der Waals surface area contributed by atoms with Crippen molar-refractivity contribution in [1.29, 1.82) is 0 Å². The number of fused-ring (bicyclic) bond motifs is 1. The van der Waals surface area contributed by atoms with Crippen molar-refractivity contribution in [2.45, 2.75) is 32.6 Å². The Bertz CT molecular complexity index is 1010. The van der Waals surface area contributed by atoms with Crippen LogP contribution in [0.5, 0.6) is 5.75 Å². The van der Waals surface area contributed by atoms with E-state index in [4.69, 9.17) is 16.3 Å². The van der Waals surface area contributed by atoms with Crippen molar-refractivity contribution in [2.24, 2.45) is 0 Å². The van der Waals surface area contributed by atoms with Gasteiger partial charge in [-0.1, -0.05) is 36.7 Å². The van der Waals surface area contributed by atoms with E-state index in [2.05, 4.69) is 17.3 Å². The molecule has 1 amide bonds. The Balaban J connectivity index is 1.71. The number of ether oxygens (including phenoxy) is 1. The van der Waals surface area contributed by atoms with Crippen LogP contribution >= 0.6 is 11.6 Å². The molecule has 2 aromatic carbocycles. The molecule has 144 valence electrons. The molecule has 1 aliphatic heterocycles. The summed E-state index contributed by atoms with van der Waals surface area (Å²) in [6.07, 6.45) is 3.19. The smallest absolute Gasteiger partial charge is 0.226 e. The number of nitrogens with one attached hydrogen (secondary N) is 1. The van der Waals surface area contributed by atoms with E-state index in [0.29, 0.717) is 23.9 Å². The van der Waals surface area contributed by atoms with E-state index in [1.54, 1.807) is 4.68 Å². The first-order valence-electron chi connectivity index (χ1n) is 9.44. The van der Waals surface area contributed by atoms with Gasteiger partial charge < -0.3 is 10.1 Å². The van der Waals surface area contributed by atoms with Gasteiger partial charge in [0, 0.05) is 22.9 Å². The van der Waals surface area contributed by atoms with Crippen molar-refractivity contribution in [3.63, 3.8) is 0 Å². The Morgan fingerprint density at radius 2 is 2.04 bits per heavy atom. The monoisotopic (exact) mass is 395 g/mol. The lowest BCUT2D eigenvalue weighted by molar-refractivity contribution is -0.116. The van der Waals surface area contributed by atoms with Crippen molar-refractivity contribution in [1.82, 2.24) is 9.78 Å². The lowest BCUT2D eigenvalue weighted by Gasteiger charge is -2.24. The molecule has 0 saturated heterocycles. The van der Waals surface area contributed by atoms with E-state index in [-0.39, 0.29) is 11.8 Å². The predicted octanol–water partition coefficient (Wildman–Crippen LogP) is 5.10. The number of anilines is 1. The summed E-state index contributed by atoms with van der Waals surface area (Å²) in [7, 11) is 0. The molecule has 1 aromatic heterocycles. The Morgan fingerprint density at radius 1 is 1.25 bits per heavy atom. The number of rotatable bonds is 5. The van der Waals surface area contributed by atoms with Crippen LogP contribution in [0.1, 0.15) is 42.4 Å². The number of carbonyl (C=O) groups is 1. The zero-order chi connectivity index (χ0) is 19.7. The molecule has 0 radical (unpaired) electrons. The number of hydrogen-bond acceptors (Lipinski definition) is 3. The van der Waals surface area contributed by atoms with Gasteiger partial charge in [-0.25, -0.2) is 4.68 Å². The predicted molar refractivity (Wildman–Crippen MR) is 111 cm³/mol. The maximum Gasteiger partial charge on any atom is 0.226 e. The van der Waals surface area contributed by atoms with Gasteiger partial charge in [0.1, 0.15) is 11.6 Å². The fourth-order valence-electron chi connectivity index (χ4n) is 3.54. The molecule has 28 heavy (non-hydrogen) atoms. The Kier molecular flexibility index (Phi) is 5.09. The van der Waals surface area contributed by atoms with Gasteiger partial charge in [0.2, 0.25) is 5.91 Å². The summed E-state index contributed by atoms with van der Waals surface area (Å²) in [5, 5.41) is 8.21. The summed E-state index contributed by atoms with van der Waals surface area (Å²) >= 11 is 6.28. The molecule has 1 unspecified atom stereocenters. The van der Waals surface area contributed by atoms with Crippen LogP contribution in [0.2, 0.25) is 5.02 Å². The first kappa shape index (κ1) is 18.6. The summed E-state index contributed by atoms with van der Waals surface area (Å²) in [6.45, 7) is 4.72. The minimum Gasteiger partial charge on any atom is -0.494 e. The molecule has 1 N–H and O–H groups in total. The van der Waals surface area contributed by atoms with Gasteiger partial charge in [0.15, 0.2) is 0 Å². The maximum absolute atomic E-state index is 12.4. The molecule has 0 saturated carbocycles. The van der Waals surface area contributed by atoms with Crippen LogP contribution in [0.3, 0.4) is 0 Å². The highest BCUT2D eigenvalue weighted by Gasteiger charge is 2.30. The van der Waals surface area contributed by atoms with Gasteiger partial charge in [-0.05, 0) is 48.7 Å². The van der Waals surface area contributed by atoms with E-state index in [1.807, 2.05) is 55.6 Å². The third-order valence-corrected chi connectivity index (χ3v) is 5.45. The molecule has 2 heterocycles. The standard InChI is InChI=1S/C22H22ClN3O2/c1-3-11-28-16-9-7-15(8-10-16)17-12-21(27)25-22-18(17)13-24-26(22)20-6-4-5-19(23)14(20)2/h4-10,13,17H,3,11-12H2,1-2H3,(H,25,27). The number of halogens is 1. The second-order valence-electron chi connectivity index (χ2n) is 6.97. The van der Waals surface area contributed by atoms with Crippen LogP contribution in [0.4, 0.5) is 5.82 Å². The van der Waals surface area contributed by atoms with E-state index < -0.39 is 0 Å². The highest BCUT2D eigenvalue weighted by atomic mass is 35.5. The number of benzene rings is 2. The molecule has 1 atom stereocenters. The van der Waals surface area contributed by atoms with Crippen molar-refractivity contribution in [2.75, 3.05) is 11.9 Å². The highest BCUT2D eigenvalue weighted by Crippen LogP contribution is 2.39. The van der Waals surface area contributed by atoms with Crippen LogP contribution in [0, 0.1) is 6.92 Å². The number of carbonyl (C=O) groups excluding carboxylic acids is 1. The number of nitrogens with zero attached hydrogens (tertiary/aromatic N) is 2. The summed E-state index contributed by atoms with van der Waals surface area (Å²) in [5.41, 5.74) is 3.85. The Morgan fingerprint density at radius 3 is 2.79 bits per heavy atom. The quantitative estimate of drug-likeness (QED) is 0.654. The van der Waals surface area contributed by atoms with E-state index in [9.17, 15) is 4.79 Å². The molecular weight excluding hydrogens is 374 g/mol. The van der Waals surface area contributed by atoms with Crippen LogP contribution < -0.4 is 10.1 Å². The minimum atomic E-state index is -0.0442. The topological polar surface area (TPSA) is 56.1 Å². The van der Waals surface area contributed by atoms with Crippen molar-refractivity contribution >= 4 is 23.3 Å². The molecule has 1 aliphatic rings. The normalized spacial score (nSPS) is 15.8. The first-order valence-corrected chi connectivity index (χ1v) is 9.82. The number of aromatic nitrogens is 2. The summed E-state index contributed by atoms with van der Waals surface area (Å²) in [4.78, 5) is 12.4. The SMILES string of the molecule is CCCOc1ccc(C2CC(=O)Nc3c2cnn3-c2cccc(Cl)c2C)cc1. The molecule has 4 rings (SSSR count). The van der Waals surface area contributed by atoms with Crippen LogP contribution in [-0.2, 0) is 4.79 Å². The van der Waals surface area contributed by atoms with Gasteiger partial charge in [0.25, 0.3) is 0 Å². The lowest BCUT2D eigenvalue weighted by Crippen LogP contribution is -2.24. The third-order valence-electron chi connectivity index (χ3n) is 5.04. The molecule has 0 aliphatic carbocycles. The van der Waals surface area contributed by atoms with Crippen LogP contribution in [0.25, 0.3) is 5.69 Å². The van der Waals surface area contributed by atoms with Crippen molar-refractivity contribution < 1.29 is 9.53 Å². The van der Waals surface area contributed by atoms with Gasteiger partial charge in [-0.2, -0.15) is 5.10 Å². The van der Waals surface area contributed by atoms with Crippen LogP contribution in [0.15, 0.2) is 48.7 Å². The molecule has 0 bridgehead atoms. The average Bonchev–Trinajstić information content (AvgIpc) is 3.12. The van der Waals surface area contributed by atoms with E-state index in [1.165, 1.54) is 0 Å². The lowest BCUT2D eigenvalue weighted by atomic mass is 9.87. The van der Waals surface area contributed by atoms with Gasteiger partial charge in [-0.3, -0.25) is 4.79 Å².